The third-order valence-corrected chi connectivity index (χ3v) is 9.58. The summed E-state index contributed by atoms with van der Waals surface area (Å²) in [6.45, 7) is 12.5. The Hall–Kier alpha value is -2.89. The number of alkyl halides is 5. The van der Waals surface area contributed by atoms with E-state index in [1.807, 2.05) is 12.1 Å². The number of fused-ring (bicyclic) bond motifs is 3. The molecule has 0 radical (unpaired) electrons. The Labute approximate surface area is 240 Å². The second-order valence-corrected chi connectivity index (χ2v) is 12.7. The third-order valence-electron chi connectivity index (χ3n) is 9.58. The Bertz CT molecular complexity index is 1370. The molecule has 2 fully saturated rings. The fourth-order valence-electron chi connectivity index (χ4n) is 8.01. The van der Waals surface area contributed by atoms with E-state index in [9.17, 15) is 22.0 Å². The van der Waals surface area contributed by atoms with Crippen LogP contribution in [0, 0.1) is 17.8 Å². The first-order valence-electron chi connectivity index (χ1n) is 14.8. The van der Waals surface area contributed by atoms with E-state index in [2.05, 4.69) is 56.5 Å². The summed E-state index contributed by atoms with van der Waals surface area (Å²) in [7, 11) is 0. The quantitative estimate of drug-likeness (QED) is 0.244. The van der Waals surface area contributed by atoms with Gasteiger partial charge in [-0.25, -0.2) is 0 Å². The molecule has 5 rings (SSSR count). The molecule has 2 bridgehead atoms. The predicted molar refractivity (Wildman–Crippen MR) is 157 cm³/mol. The molecule has 2 unspecified atom stereocenters. The van der Waals surface area contributed by atoms with Crippen molar-refractivity contribution in [3.63, 3.8) is 0 Å². The number of rotatable bonds is 8. The van der Waals surface area contributed by atoms with Crippen molar-refractivity contribution in [1.82, 2.24) is 4.90 Å². The minimum absolute atomic E-state index is 0.0298. The van der Waals surface area contributed by atoms with Gasteiger partial charge in [0.05, 0.1) is 0 Å². The van der Waals surface area contributed by atoms with E-state index < -0.39 is 17.7 Å². The molecule has 0 spiro atoms. The van der Waals surface area contributed by atoms with Gasteiger partial charge in [0.15, 0.2) is 0 Å². The van der Waals surface area contributed by atoms with Gasteiger partial charge in [0.25, 0.3) is 0 Å². The van der Waals surface area contributed by atoms with Gasteiger partial charge in [-0.05, 0) is 98.4 Å². The van der Waals surface area contributed by atoms with Crippen LogP contribution in [0.15, 0.2) is 67.2 Å². The minimum atomic E-state index is -5.62. The van der Waals surface area contributed by atoms with Gasteiger partial charge >= 0.3 is 12.1 Å². The molecule has 0 saturated heterocycles. The summed E-state index contributed by atoms with van der Waals surface area (Å²) in [4.78, 5) is 2.50. The van der Waals surface area contributed by atoms with Crippen LogP contribution in [0.4, 0.5) is 22.0 Å². The summed E-state index contributed by atoms with van der Waals surface area (Å²) in [5, 5.41) is 2.22. The molecular formula is C35H40F5N. The van der Waals surface area contributed by atoms with Crippen LogP contribution < -0.4 is 0 Å². The summed E-state index contributed by atoms with van der Waals surface area (Å²) in [5.41, 5.74) is 2.92. The van der Waals surface area contributed by atoms with Crippen molar-refractivity contribution < 1.29 is 22.0 Å². The molecule has 2 atom stereocenters. The molecule has 2 aliphatic carbocycles. The van der Waals surface area contributed by atoms with Gasteiger partial charge < -0.3 is 4.90 Å². The molecule has 0 amide bonds. The zero-order chi connectivity index (χ0) is 29.6. The Kier molecular flexibility index (Phi) is 7.99. The summed E-state index contributed by atoms with van der Waals surface area (Å²) in [5.74, 6) is -2.59. The molecule has 6 heteroatoms. The molecule has 2 saturated carbocycles. The summed E-state index contributed by atoms with van der Waals surface area (Å²) < 4.78 is 66.1. The van der Waals surface area contributed by atoms with Gasteiger partial charge in [0.2, 0.25) is 0 Å². The molecule has 0 N–H and O–H groups in total. The summed E-state index contributed by atoms with van der Waals surface area (Å²) in [6.07, 6.45) is 1.76. The van der Waals surface area contributed by atoms with E-state index in [1.165, 1.54) is 44.2 Å². The summed E-state index contributed by atoms with van der Waals surface area (Å²) >= 11 is 0. The Morgan fingerprint density at radius 1 is 0.878 bits per heavy atom. The normalized spacial score (nSPS) is 24.8. The number of benzene rings is 3. The second kappa shape index (κ2) is 11.1. The lowest BCUT2D eigenvalue weighted by Crippen LogP contribution is -2.51. The van der Waals surface area contributed by atoms with Crippen molar-refractivity contribution in [2.45, 2.75) is 83.4 Å². The van der Waals surface area contributed by atoms with Crippen LogP contribution in [0.3, 0.4) is 0 Å². The van der Waals surface area contributed by atoms with Gasteiger partial charge in [-0.1, -0.05) is 74.2 Å². The molecule has 1 nitrogen and oxygen atoms in total. The highest BCUT2D eigenvalue weighted by atomic mass is 19.4. The van der Waals surface area contributed by atoms with Gasteiger partial charge in [0, 0.05) is 28.9 Å². The highest BCUT2D eigenvalue weighted by Gasteiger charge is 2.58. The van der Waals surface area contributed by atoms with Crippen molar-refractivity contribution in [1.29, 1.82) is 0 Å². The smallest absolute Gasteiger partial charge is 0.366 e. The van der Waals surface area contributed by atoms with Crippen molar-refractivity contribution in [3.05, 3.63) is 89.5 Å². The first kappa shape index (κ1) is 29.6. The molecule has 3 aromatic rings. The molecule has 0 aromatic heterocycles. The lowest BCUT2D eigenvalue weighted by atomic mass is 9.62. The van der Waals surface area contributed by atoms with Crippen LogP contribution in [0.25, 0.3) is 16.5 Å². The topological polar surface area (TPSA) is 3.24 Å². The van der Waals surface area contributed by atoms with Gasteiger partial charge in [-0.2, -0.15) is 22.0 Å². The molecule has 3 aromatic carbocycles. The predicted octanol–water partition coefficient (Wildman–Crippen LogP) is 10.2. The molecule has 41 heavy (non-hydrogen) atoms. The Balaban J connectivity index is 1.44. The molecule has 0 heterocycles. The standard InChI is InChI=1S/C35H40F5N/c1-5-41(33(4)21-26-18-23(2)19-27(20-26)22-33)24(3)30-17-13-28-8-6-7-9-31(28)32(30)16-12-25-10-14-29(15-11-25)34(36,37)35(38,39)40/h6-11,13-15,17,23,26-27H,3,5,12,16,18-22H2,1-2,4H3. The van der Waals surface area contributed by atoms with E-state index in [-0.39, 0.29) is 5.54 Å². The van der Waals surface area contributed by atoms with Crippen LogP contribution in [0.5, 0.6) is 0 Å². The maximum Gasteiger partial charge on any atom is 0.458 e. The Morgan fingerprint density at radius 3 is 2.12 bits per heavy atom. The molecule has 220 valence electrons. The van der Waals surface area contributed by atoms with E-state index in [0.29, 0.717) is 18.4 Å². The highest BCUT2D eigenvalue weighted by Crippen LogP contribution is 2.50. The van der Waals surface area contributed by atoms with E-state index in [4.69, 9.17) is 0 Å². The van der Waals surface area contributed by atoms with Crippen LogP contribution >= 0.6 is 0 Å². The largest absolute Gasteiger partial charge is 0.458 e. The summed E-state index contributed by atoms with van der Waals surface area (Å²) in [6, 6.07) is 17.0. The minimum Gasteiger partial charge on any atom is -0.366 e. The lowest BCUT2D eigenvalue weighted by molar-refractivity contribution is -0.289. The fourth-order valence-corrected chi connectivity index (χ4v) is 8.01. The number of halogens is 5. The molecule has 0 aliphatic heterocycles. The highest BCUT2D eigenvalue weighted by molar-refractivity contribution is 5.90. The van der Waals surface area contributed by atoms with Crippen LogP contribution in [0.1, 0.15) is 75.1 Å². The zero-order valence-corrected chi connectivity index (χ0v) is 24.2. The average molecular weight is 570 g/mol. The number of hydrogen-bond donors (Lipinski definition) is 0. The van der Waals surface area contributed by atoms with E-state index >= 15 is 0 Å². The van der Waals surface area contributed by atoms with Gasteiger partial charge in [-0.15, -0.1) is 0 Å². The Morgan fingerprint density at radius 2 is 1.51 bits per heavy atom. The van der Waals surface area contributed by atoms with Crippen molar-refractivity contribution in [2.75, 3.05) is 6.54 Å². The first-order chi connectivity index (χ1) is 19.3. The van der Waals surface area contributed by atoms with Crippen LogP contribution in [0.2, 0.25) is 0 Å². The maximum atomic E-state index is 13.8. The maximum absolute atomic E-state index is 13.8. The molecular weight excluding hydrogens is 529 g/mol. The first-order valence-corrected chi connectivity index (χ1v) is 14.8. The van der Waals surface area contributed by atoms with Crippen LogP contribution in [-0.4, -0.2) is 23.2 Å². The zero-order valence-electron chi connectivity index (χ0n) is 24.2. The van der Waals surface area contributed by atoms with Crippen LogP contribution in [-0.2, 0) is 18.8 Å². The SMILES string of the molecule is C=C(c1ccc2ccccc2c1CCc1ccc(C(F)(F)C(F)(F)F)cc1)N(CC)C1(C)CC2CC(C)CC(C2)C1. The number of hydrogen-bond acceptors (Lipinski definition) is 1. The average Bonchev–Trinajstić information content (AvgIpc) is 2.90. The lowest BCUT2D eigenvalue weighted by Gasteiger charge is -2.53. The monoisotopic (exact) mass is 569 g/mol. The van der Waals surface area contributed by atoms with Crippen molar-refractivity contribution in [3.8, 4) is 0 Å². The van der Waals surface area contributed by atoms with Crippen molar-refractivity contribution >= 4 is 16.5 Å². The van der Waals surface area contributed by atoms with Gasteiger partial charge in [0.1, 0.15) is 0 Å². The number of nitrogens with zero attached hydrogens (tertiary/aromatic N) is 1. The second-order valence-electron chi connectivity index (χ2n) is 12.7. The van der Waals surface area contributed by atoms with Crippen molar-refractivity contribution in [2.24, 2.45) is 17.8 Å². The van der Waals surface area contributed by atoms with Gasteiger partial charge in [-0.3, -0.25) is 0 Å². The van der Waals surface area contributed by atoms with E-state index in [0.717, 1.165) is 64.0 Å². The number of aryl methyl sites for hydroxylation is 2. The molecule has 2 aliphatic rings. The third kappa shape index (κ3) is 5.76. The fraction of sp³-hybridized carbons (Fsp3) is 0.486. The van der Waals surface area contributed by atoms with E-state index in [1.54, 1.807) is 0 Å².